The quantitative estimate of drug-likeness (QED) is 0.627. The summed E-state index contributed by atoms with van der Waals surface area (Å²) in [5.41, 5.74) is -0.694. The first-order valence-electron chi connectivity index (χ1n) is 5.31. The third-order valence-electron chi connectivity index (χ3n) is 2.27. The molecule has 1 rings (SSSR count). The first kappa shape index (κ1) is 14.4. The minimum absolute atomic E-state index is 0.240. The number of carbonyl (C=O) groups excluding carboxylic acids is 1. The highest BCUT2D eigenvalue weighted by Crippen LogP contribution is 2.25. The molecule has 0 aliphatic heterocycles. The summed E-state index contributed by atoms with van der Waals surface area (Å²) in [7, 11) is 1.75. The third kappa shape index (κ3) is 3.93. The van der Waals surface area contributed by atoms with E-state index in [1.165, 1.54) is 23.1 Å². The number of likely N-dealkylation sites (N-methyl/N-ethyl adjacent to an activating group) is 1. The van der Waals surface area contributed by atoms with Gasteiger partial charge in [0.1, 0.15) is 10.5 Å². The minimum atomic E-state index is -0.694. The lowest BCUT2D eigenvalue weighted by Crippen LogP contribution is -2.50. The summed E-state index contributed by atoms with van der Waals surface area (Å²) in [6.07, 6.45) is 0. The monoisotopic (exact) mass is 275 g/mol. The highest BCUT2D eigenvalue weighted by Gasteiger charge is 2.33. The second-order valence-corrected chi connectivity index (χ2v) is 6.08. The van der Waals surface area contributed by atoms with Gasteiger partial charge in [-0.25, -0.2) is 0 Å². The van der Waals surface area contributed by atoms with Crippen molar-refractivity contribution in [2.24, 2.45) is 0 Å². The molecule has 0 saturated heterocycles. The zero-order valence-electron chi connectivity index (χ0n) is 10.4. The van der Waals surface area contributed by atoms with Crippen molar-refractivity contribution in [3.05, 3.63) is 5.01 Å². The van der Waals surface area contributed by atoms with Gasteiger partial charge in [0, 0.05) is 5.75 Å². The van der Waals surface area contributed by atoms with Crippen LogP contribution in [0.25, 0.3) is 0 Å². The number of rotatable bonds is 6. The van der Waals surface area contributed by atoms with Crippen LogP contribution in [0.15, 0.2) is 4.34 Å². The van der Waals surface area contributed by atoms with E-state index in [1.807, 2.05) is 13.8 Å². The van der Waals surface area contributed by atoms with Crippen LogP contribution in [0.4, 0.5) is 0 Å². The molecule has 17 heavy (non-hydrogen) atoms. The maximum atomic E-state index is 11.8. The number of ether oxygens (including phenoxy) is 1. The molecule has 0 spiro atoms. The number of carbonyl (C=O) groups is 1. The maximum absolute atomic E-state index is 11.8. The van der Waals surface area contributed by atoms with Gasteiger partial charge in [-0.2, -0.15) is 0 Å². The lowest BCUT2D eigenvalue weighted by Gasteiger charge is -2.25. The smallest absolute Gasteiger partial charge is 0.326 e. The van der Waals surface area contributed by atoms with Crippen LogP contribution < -0.4 is 5.32 Å². The van der Waals surface area contributed by atoms with Gasteiger partial charge in [0.15, 0.2) is 4.34 Å². The van der Waals surface area contributed by atoms with Crippen molar-refractivity contribution in [3.8, 4) is 0 Å². The Morgan fingerprint density at radius 2 is 2.29 bits per heavy atom. The van der Waals surface area contributed by atoms with Gasteiger partial charge >= 0.3 is 5.97 Å². The number of nitrogens with one attached hydrogen (secondary N) is 1. The van der Waals surface area contributed by atoms with Gasteiger partial charge in [-0.3, -0.25) is 4.79 Å². The van der Waals surface area contributed by atoms with Gasteiger partial charge in [-0.1, -0.05) is 23.1 Å². The van der Waals surface area contributed by atoms with Crippen LogP contribution in [0.5, 0.6) is 0 Å². The number of hydrogen-bond acceptors (Lipinski definition) is 7. The fourth-order valence-corrected chi connectivity index (χ4v) is 3.03. The van der Waals surface area contributed by atoms with Crippen molar-refractivity contribution in [2.75, 3.05) is 19.4 Å². The summed E-state index contributed by atoms with van der Waals surface area (Å²) in [5.74, 6) is 0.327. The third-order valence-corrected chi connectivity index (χ3v) is 4.56. The minimum Gasteiger partial charge on any atom is -0.465 e. The molecule has 7 heteroatoms. The highest BCUT2D eigenvalue weighted by atomic mass is 32.2. The van der Waals surface area contributed by atoms with Crippen molar-refractivity contribution in [2.45, 2.75) is 30.6 Å². The molecular weight excluding hydrogens is 258 g/mol. The van der Waals surface area contributed by atoms with Gasteiger partial charge in [-0.05, 0) is 27.8 Å². The Kier molecular flexibility index (Phi) is 5.35. The van der Waals surface area contributed by atoms with E-state index in [2.05, 4.69) is 15.5 Å². The molecule has 0 aliphatic rings. The van der Waals surface area contributed by atoms with Gasteiger partial charge < -0.3 is 10.1 Å². The first-order chi connectivity index (χ1) is 8.01. The SMILES string of the molecule is CCOC(=O)C(C)(CSc1nnc(C)s1)NC. The van der Waals surface area contributed by atoms with E-state index in [0.717, 1.165) is 9.35 Å². The highest BCUT2D eigenvalue weighted by molar-refractivity contribution is 8.01. The Morgan fingerprint density at radius 3 is 2.76 bits per heavy atom. The average molecular weight is 275 g/mol. The van der Waals surface area contributed by atoms with Gasteiger partial charge in [0.2, 0.25) is 0 Å². The van der Waals surface area contributed by atoms with E-state index in [-0.39, 0.29) is 5.97 Å². The summed E-state index contributed by atoms with van der Waals surface area (Å²) >= 11 is 3.03. The second-order valence-electron chi connectivity index (χ2n) is 3.68. The molecule has 0 radical (unpaired) electrons. The van der Waals surface area contributed by atoms with Crippen LogP contribution >= 0.6 is 23.1 Å². The molecule has 96 valence electrons. The van der Waals surface area contributed by atoms with E-state index in [9.17, 15) is 4.79 Å². The van der Waals surface area contributed by atoms with Crippen molar-refractivity contribution in [1.29, 1.82) is 0 Å². The lowest BCUT2D eigenvalue weighted by molar-refractivity contribution is -0.149. The largest absolute Gasteiger partial charge is 0.465 e. The van der Waals surface area contributed by atoms with E-state index >= 15 is 0 Å². The molecule has 0 amide bonds. The molecule has 0 fully saturated rings. The normalized spacial score (nSPS) is 14.4. The summed E-state index contributed by atoms with van der Waals surface area (Å²) in [4.78, 5) is 11.8. The Bertz CT molecular complexity index is 383. The first-order valence-corrected chi connectivity index (χ1v) is 7.11. The number of esters is 1. The molecule has 0 saturated carbocycles. The molecule has 1 N–H and O–H groups in total. The number of nitrogens with zero attached hydrogens (tertiary/aromatic N) is 2. The fraction of sp³-hybridized carbons (Fsp3) is 0.700. The van der Waals surface area contributed by atoms with Crippen LogP contribution in [-0.4, -0.2) is 41.1 Å². The number of aryl methyl sites for hydroxylation is 1. The van der Waals surface area contributed by atoms with Crippen LogP contribution in [0.3, 0.4) is 0 Å². The molecule has 1 unspecified atom stereocenters. The number of hydrogen-bond donors (Lipinski definition) is 1. The van der Waals surface area contributed by atoms with E-state index < -0.39 is 5.54 Å². The molecule has 1 atom stereocenters. The van der Waals surface area contributed by atoms with Crippen molar-refractivity contribution < 1.29 is 9.53 Å². The van der Waals surface area contributed by atoms with E-state index in [0.29, 0.717) is 12.4 Å². The predicted molar refractivity (Wildman–Crippen MR) is 69.5 cm³/mol. The zero-order chi connectivity index (χ0) is 12.9. The summed E-state index contributed by atoms with van der Waals surface area (Å²) in [6, 6.07) is 0. The predicted octanol–water partition coefficient (Wildman–Crippen LogP) is 1.48. The molecule has 5 nitrogen and oxygen atoms in total. The van der Waals surface area contributed by atoms with Gasteiger partial charge in [0.05, 0.1) is 6.61 Å². The Hall–Kier alpha value is -0.660. The Balaban J connectivity index is 2.59. The number of thioether (sulfide) groups is 1. The fourth-order valence-electron chi connectivity index (χ4n) is 1.07. The molecule has 0 aromatic carbocycles. The zero-order valence-corrected chi connectivity index (χ0v) is 12.1. The second kappa shape index (κ2) is 6.32. The Morgan fingerprint density at radius 1 is 1.59 bits per heavy atom. The van der Waals surface area contributed by atoms with Crippen LogP contribution in [0.1, 0.15) is 18.9 Å². The van der Waals surface area contributed by atoms with E-state index in [1.54, 1.807) is 14.0 Å². The van der Waals surface area contributed by atoms with Crippen molar-refractivity contribution in [1.82, 2.24) is 15.5 Å². The molecular formula is C10H17N3O2S2. The summed E-state index contributed by atoms with van der Waals surface area (Å²) in [5, 5.41) is 11.9. The molecule has 0 bridgehead atoms. The lowest BCUT2D eigenvalue weighted by atomic mass is 10.1. The van der Waals surface area contributed by atoms with Crippen molar-refractivity contribution >= 4 is 29.1 Å². The molecule has 1 aromatic heterocycles. The van der Waals surface area contributed by atoms with Gasteiger partial charge in [0.25, 0.3) is 0 Å². The summed E-state index contributed by atoms with van der Waals surface area (Å²) in [6.45, 7) is 5.92. The Labute approximate surface area is 109 Å². The average Bonchev–Trinajstić information content (AvgIpc) is 2.72. The molecule has 0 aliphatic carbocycles. The maximum Gasteiger partial charge on any atom is 0.326 e. The summed E-state index contributed by atoms with van der Waals surface area (Å²) < 4.78 is 5.91. The molecule has 1 heterocycles. The number of aromatic nitrogens is 2. The van der Waals surface area contributed by atoms with E-state index in [4.69, 9.17) is 4.74 Å². The van der Waals surface area contributed by atoms with Crippen LogP contribution in [0.2, 0.25) is 0 Å². The van der Waals surface area contributed by atoms with Gasteiger partial charge in [-0.15, -0.1) is 10.2 Å². The van der Waals surface area contributed by atoms with Crippen molar-refractivity contribution in [3.63, 3.8) is 0 Å². The van der Waals surface area contributed by atoms with Crippen LogP contribution in [-0.2, 0) is 9.53 Å². The standard InChI is InChI=1S/C10H17N3O2S2/c1-5-15-8(14)10(3,11-4)6-16-9-13-12-7(2)17-9/h11H,5-6H2,1-4H3. The topological polar surface area (TPSA) is 64.1 Å². The van der Waals surface area contributed by atoms with Crippen LogP contribution in [0, 0.1) is 6.92 Å². The molecule has 1 aromatic rings.